The molecule has 1 aromatic carbocycles. The van der Waals surface area contributed by atoms with Gasteiger partial charge in [0.15, 0.2) is 0 Å². The molecule has 1 heterocycles. The molecule has 110 valence electrons. The fourth-order valence-corrected chi connectivity index (χ4v) is 2.56. The van der Waals surface area contributed by atoms with Gasteiger partial charge < -0.3 is 5.11 Å². The zero-order valence-electron chi connectivity index (χ0n) is 11.4. The van der Waals surface area contributed by atoms with Crippen molar-refractivity contribution < 1.29 is 14.3 Å². The van der Waals surface area contributed by atoms with Crippen LogP contribution in [0.1, 0.15) is 12.5 Å². The smallest absolute Gasteiger partial charge is 0.320 e. The van der Waals surface area contributed by atoms with Crippen LogP contribution in [0.5, 0.6) is 0 Å². The lowest BCUT2D eigenvalue weighted by Gasteiger charge is -2.36. The lowest BCUT2D eigenvalue weighted by molar-refractivity contribution is -0.143. The molecule has 1 aliphatic rings. The van der Waals surface area contributed by atoms with E-state index in [0.717, 1.165) is 18.7 Å². The molecule has 1 N–H and O–H groups in total. The highest BCUT2D eigenvalue weighted by Gasteiger charge is 2.25. The van der Waals surface area contributed by atoms with Gasteiger partial charge in [0.2, 0.25) is 0 Å². The van der Waals surface area contributed by atoms with Crippen LogP contribution in [0, 0.1) is 5.82 Å². The van der Waals surface area contributed by atoms with E-state index in [1.807, 2.05) is 11.0 Å². The van der Waals surface area contributed by atoms with Crippen molar-refractivity contribution in [3.05, 3.63) is 34.6 Å². The van der Waals surface area contributed by atoms with Crippen LogP contribution >= 0.6 is 11.6 Å². The number of aliphatic carboxylic acids is 1. The van der Waals surface area contributed by atoms with Crippen molar-refractivity contribution in [2.75, 3.05) is 26.2 Å². The molecule has 0 amide bonds. The predicted octanol–water partition coefficient (Wildman–Crippen LogP) is 2.07. The molecule has 1 atom stereocenters. The summed E-state index contributed by atoms with van der Waals surface area (Å²) < 4.78 is 13.4. The maximum Gasteiger partial charge on any atom is 0.320 e. The van der Waals surface area contributed by atoms with Gasteiger partial charge in [-0.25, -0.2) is 4.39 Å². The second-order valence-corrected chi connectivity index (χ2v) is 5.42. The summed E-state index contributed by atoms with van der Waals surface area (Å²) in [7, 11) is 0. The summed E-state index contributed by atoms with van der Waals surface area (Å²) >= 11 is 5.94. The molecule has 0 saturated carbocycles. The van der Waals surface area contributed by atoms with E-state index < -0.39 is 17.8 Å². The van der Waals surface area contributed by atoms with Crippen LogP contribution in [0.25, 0.3) is 0 Å². The van der Waals surface area contributed by atoms with Crippen LogP contribution < -0.4 is 0 Å². The van der Waals surface area contributed by atoms with E-state index in [0.29, 0.717) is 19.6 Å². The van der Waals surface area contributed by atoms with E-state index >= 15 is 0 Å². The standard InChI is InChI=1S/C14H18ClFN2O2/c1-10(14(19)20)18-7-5-17(6-8-18)9-11-3-2-4-12(16)13(11)15/h2-4,10H,5-9H2,1H3,(H,19,20). The highest BCUT2D eigenvalue weighted by molar-refractivity contribution is 6.31. The average molecular weight is 301 g/mol. The summed E-state index contributed by atoms with van der Waals surface area (Å²) in [6.07, 6.45) is 0. The van der Waals surface area contributed by atoms with Gasteiger partial charge in [-0.3, -0.25) is 14.6 Å². The van der Waals surface area contributed by atoms with Gasteiger partial charge in [-0.2, -0.15) is 0 Å². The Hall–Kier alpha value is -1.17. The van der Waals surface area contributed by atoms with Crippen molar-refractivity contribution >= 4 is 17.6 Å². The van der Waals surface area contributed by atoms with E-state index in [1.165, 1.54) is 6.07 Å². The molecule has 20 heavy (non-hydrogen) atoms. The normalized spacial score (nSPS) is 18.9. The summed E-state index contributed by atoms with van der Waals surface area (Å²) in [6, 6.07) is 4.35. The first-order valence-electron chi connectivity index (χ1n) is 6.61. The number of hydrogen-bond acceptors (Lipinski definition) is 3. The summed E-state index contributed by atoms with van der Waals surface area (Å²) in [5.74, 6) is -1.20. The van der Waals surface area contributed by atoms with Crippen LogP contribution in [0.2, 0.25) is 5.02 Å². The molecule has 0 spiro atoms. The first-order valence-corrected chi connectivity index (χ1v) is 6.99. The van der Waals surface area contributed by atoms with Gasteiger partial charge in [-0.05, 0) is 18.6 Å². The number of nitrogens with zero attached hydrogens (tertiary/aromatic N) is 2. The molecule has 0 aromatic heterocycles. The van der Waals surface area contributed by atoms with Crippen molar-refractivity contribution in [2.24, 2.45) is 0 Å². The van der Waals surface area contributed by atoms with Crippen molar-refractivity contribution in [1.82, 2.24) is 9.80 Å². The minimum absolute atomic E-state index is 0.175. The summed E-state index contributed by atoms with van der Waals surface area (Å²) in [4.78, 5) is 15.0. The molecule has 1 saturated heterocycles. The SMILES string of the molecule is CC(C(=O)O)N1CCN(Cc2cccc(F)c2Cl)CC1. The number of halogens is 2. The molecule has 0 radical (unpaired) electrons. The Balaban J connectivity index is 1.92. The van der Waals surface area contributed by atoms with Gasteiger partial charge in [0.25, 0.3) is 0 Å². The van der Waals surface area contributed by atoms with Gasteiger partial charge >= 0.3 is 5.97 Å². The third kappa shape index (κ3) is 3.48. The summed E-state index contributed by atoms with van der Waals surface area (Å²) in [6.45, 7) is 5.18. The van der Waals surface area contributed by atoms with E-state index in [4.69, 9.17) is 16.7 Å². The minimum Gasteiger partial charge on any atom is -0.480 e. The second-order valence-electron chi connectivity index (χ2n) is 5.04. The van der Waals surface area contributed by atoms with Crippen LogP contribution in [0.3, 0.4) is 0 Å². The van der Waals surface area contributed by atoms with E-state index in [1.54, 1.807) is 13.0 Å². The Bertz CT molecular complexity index is 490. The zero-order valence-corrected chi connectivity index (χ0v) is 12.1. The number of piperazine rings is 1. The molecule has 1 aliphatic heterocycles. The van der Waals surface area contributed by atoms with E-state index in [2.05, 4.69) is 4.90 Å². The van der Waals surface area contributed by atoms with Gasteiger partial charge in [0, 0.05) is 32.7 Å². The number of rotatable bonds is 4. The Morgan fingerprint density at radius 3 is 2.65 bits per heavy atom. The number of carboxylic acids is 1. The lowest BCUT2D eigenvalue weighted by atomic mass is 10.1. The average Bonchev–Trinajstić information content (AvgIpc) is 2.44. The van der Waals surface area contributed by atoms with E-state index in [-0.39, 0.29) is 5.02 Å². The molecule has 0 aliphatic carbocycles. The van der Waals surface area contributed by atoms with Crippen LogP contribution in [0.4, 0.5) is 4.39 Å². The Kier molecular flexibility index (Phi) is 4.96. The molecule has 1 fully saturated rings. The largest absolute Gasteiger partial charge is 0.480 e. The fraction of sp³-hybridized carbons (Fsp3) is 0.500. The highest BCUT2D eigenvalue weighted by Crippen LogP contribution is 2.21. The van der Waals surface area contributed by atoms with Gasteiger partial charge in [0.1, 0.15) is 11.9 Å². The molecular weight excluding hydrogens is 283 g/mol. The number of carbonyl (C=O) groups is 1. The number of benzene rings is 1. The molecule has 4 nitrogen and oxygen atoms in total. The number of carboxylic acid groups (broad SMARTS) is 1. The molecule has 6 heteroatoms. The Morgan fingerprint density at radius 2 is 2.05 bits per heavy atom. The van der Waals surface area contributed by atoms with Crippen molar-refractivity contribution in [3.8, 4) is 0 Å². The Morgan fingerprint density at radius 1 is 1.40 bits per heavy atom. The fourth-order valence-electron chi connectivity index (χ4n) is 2.38. The van der Waals surface area contributed by atoms with Crippen molar-refractivity contribution in [3.63, 3.8) is 0 Å². The van der Waals surface area contributed by atoms with Crippen LogP contribution in [-0.2, 0) is 11.3 Å². The first-order chi connectivity index (χ1) is 9.49. The van der Waals surface area contributed by atoms with Gasteiger partial charge in [-0.15, -0.1) is 0 Å². The maximum atomic E-state index is 13.4. The minimum atomic E-state index is -0.799. The molecule has 1 unspecified atom stereocenters. The van der Waals surface area contributed by atoms with E-state index in [9.17, 15) is 9.18 Å². The van der Waals surface area contributed by atoms with Crippen molar-refractivity contribution in [2.45, 2.75) is 19.5 Å². The topological polar surface area (TPSA) is 43.8 Å². The first kappa shape index (κ1) is 15.2. The van der Waals surface area contributed by atoms with Gasteiger partial charge in [0.05, 0.1) is 5.02 Å². The second kappa shape index (κ2) is 6.52. The lowest BCUT2D eigenvalue weighted by Crippen LogP contribution is -2.51. The van der Waals surface area contributed by atoms with Crippen molar-refractivity contribution in [1.29, 1.82) is 0 Å². The third-order valence-electron chi connectivity index (χ3n) is 3.74. The molecular formula is C14H18ClFN2O2. The molecule has 1 aromatic rings. The summed E-state index contributed by atoms with van der Waals surface area (Å²) in [5, 5.41) is 9.16. The monoisotopic (exact) mass is 300 g/mol. The van der Waals surface area contributed by atoms with Crippen LogP contribution in [-0.4, -0.2) is 53.1 Å². The zero-order chi connectivity index (χ0) is 14.7. The predicted molar refractivity (Wildman–Crippen MR) is 75.4 cm³/mol. The highest BCUT2D eigenvalue weighted by atomic mass is 35.5. The summed E-state index contributed by atoms with van der Waals surface area (Å²) in [5.41, 5.74) is 0.770. The Labute approximate surface area is 122 Å². The quantitative estimate of drug-likeness (QED) is 0.924. The number of hydrogen-bond donors (Lipinski definition) is 1. The molecule has 0 bridgehead atoms. The van der Waals surface area contributed by atoms with Crippen LogP contribution in [0.15, 0.2) is 18.2 Å². The molecule has 2 rings (SSSR count). The maximum absolute atomic E-state index is 13.4. The van der Waals surface area contributed by atoms with Gasteiger partial charge in [-0.1, -0.05) is 23.7 Å². The third-order valence-corrected chi connectivity index (χ3v) is 4.16.